The molecule has 5 nitrogen and oxygen atoms in total. The number of pyridine rings is 1. The second kappa shape index (κ2) is 7.35. The van der Waals surface area contributed by atoms with Gasteiger partial charge in [0.2, 0.25) is 5.13 Å². The van der Waals surface area contributed by atoms with Crippen LogP contribution in [0.4, 0.5) is 5.13 Å². The van der Waals surface area contributed by atoms with E-state index in [0.717, 1.165) is 27.5 Å². The van der Waals surface area contributed by atoms with Crippen LogP contribution in [-0.2, 0) is 6.42 Å². The minimum absolute atomic E-state index is 0.406. The summed E-state index contributed by atoms with van der Waals surface area (Å²) in [5.41, 5.74) is 0.406. The number of hydrogen-bond acceptors (Lipinski definition) is 8. The number of aromatic nitrogens is 3. The lowest BCUT2D eigenvalue weighted by atomic mass is 10.3. The SMILES string of the molecule is N#Cc1cccc(Sc2nnc(NCCc3cccs3)s2)n1. The van der Waals surface area contributed by atoms with Crippen molar-refractivity contribution >= 4 is 39.6 Å². The van der Waals surface area contributed by atoms with E-state index in [0.29, 0.717) is 5.69 Å². The normalized spacial score (nSPS) is 10.3. The Bertz CT molecular complexity index is 776. The molecule has 0 atom stereocenters. The summed E-state index contributed by atoms with van der Waals surface area (Å²) in [5, 5.41) is 24.0. The van der Waals surface area contributed by atoms with Crippen LogP contribution in [0.2, 0.25) is 0 Å². The molecule has 0 radical (unpaired) electrons. The fraction of sp³-hybridized carbons (Fsp3) is 0.143. The molecule has 1 N–H and O–H groups in total. The van der Waals surface area contributed by atoms with E-state index in [4.69, 9.17) is 5.26 Å². The van der Waals surface area contributed by atoms with Gasteiger partial charge in [0, 0.05) is 11.4 Å². The van der Waals surface area contributed by atoms with E-state index < -0.39 is 0 Å². The molecule has 0 saturated carbocycles. The van der Waals surface area contributed by atoms with Crippen LogP contribution >= 0.6 is 34.4 Å². The van der Waals surface area contributed by atoms with Crippen molar-refractivity contribution in [2.45, 2.75) is 15.8 Å². The molecule has 8 heteroatoms. The van der Waals surface area contributed by atoms with Crippen molar-refractivity contribution in [1.29, 1.82) is 5.26 Å². The molecular weight excluding hydrogens is 334 g/mol. The molecular formula is C14H11N5S3. The third kappa shape index (κ3) is 4.04. The molecule has 0 amide bonds. The maximum absolute atomic E-state index is 8.85. The quantitative estimate of drug-likeness (QED) is 0.735. The van der Waals surface area contributed by atoms with Gasteiger partial charge >= 0.3 is 0 Å². The number of rotatable bonds is 6. The summed E-state index contributed by atoms with van der Waals surface area (Å²) in [6.45, 7) is 0.835. The summed E-state index contributed by atoms with van der Waals surface area (Å²) in [5.74, 6) is 0. The molecule has 0 aliphatic rings. The first-order valence-electron chi connectivity index (χ1n) is 6.48. The van der Waals surface area contributed by atoms with E-state index >= 15 is 0 Å². The predicted octanol–water partition coefficient (Wildman–Crippen LogP) is 3.67. The van der Waals surface area contributed by atoms with E-state index in [2.05, 4.69) is 38.0 Å². The summed E-state index contributed by atoms with van der Waals surface area (Å²) in [4.78, 5) is 5.56. The molecule has 110 valence electrons. The molecule has 0 bridgehead atoms. The lowest BCUT2D eigenvalue weighted by Gasteiger charge is -1.99. The van der Waals surface area contributed by atoms with Gasteiger partial charge in [-0.1, -0.05) is 23.5 Å². The second-order valence-corrected chi connectivity index (χ2v) is 7.48. The summed E-state index contributed by atoms with van der Waals surface area (Å²) in [6, 6.07) is 11.6. The van der Waals surface area contributed by atoms with Gasteiger partial charge in [-0.15, -0.1) is 21.5 Å². The second-order valence-electron chi connectivity index (χ2n) is 4.20. The standard InChI is InChI=1S/C14H11N5S3/c15-9-10-3-1-5-12(17-10)21-14-19-18-13(22-14)16-7-6-11-4-2-8-20-11/h1-5,8H,6-7H2,(H,16,18). The molecule has 0 aliphatic carbocycles. The van der Waals surface area contributed by atoms with Gasteiger partial charge in [0.05, 0.1) is 0 Å². The van der Waals surface area contributed by atoms with Crippen LogP contribution in [0.3, 0.4) is 0 Å². The van der Waals surface area contributed by atoms with Gasteiger partial charge in [-0.3, -0.25) is 0 Å². The van der Waals surface area contributed by atoms with E-state index in [1.165, 1.54) is 28.0 Å². The average molecular weight is 345 g/mol. The Hall–Kier alpha value is -1.95. The van der Waals surface area contributed by atoms with Crippen LogP contribution in [0.15, 0.2) is 45.1 Å². The van der Waals surface area contributed by atoms with Gasteiger partial charge in [-0.25, -0.2) is 4.98 Å². The topological polar surface area (TPSA) is 74.5 Å². The molecule has 22 heavy (non-hydrogen) atoms. The molecule has 0 unspecified atom stereocenters. The summed E-state index contributed by atoms with van der Waals surface area (Å²) in [6.07, 6.45) is 0.978. The molecule has 0 fully saturated rings. The van der Waals surface area contributed by atoms with E-state index in [9.17, 15) is 0 Å². The minimum Gasteiger partial charge on any atom is -0.360 e. The smallest absolute Gasteiger partial charge is 0.206 e. The number of hydrogen-bond donors (Lipinski definition) is 1. The predicted molar refractivity (Wildman–Crippen MR) is 89.5 cm³/mol. The monoisotopic (exact) mass is 345 g/mol. The highest BCUT2D eigenvalue weighted by atomic mass is 32.2. The Morgan fingerprint density at radius 2 is 2.18 bits per heavy atom. The van der Waals surface area contributed by atoms with Crippen LogP contribution in [0.5, 0.6) is 0 Å². The van der Waals surface area contributed by atoms with Gasteiger partial charge < -0.3 is 5.32 Å². The van der Waals surface area contributed by atoms with Crippen molar-refractivity contribution in [3.05, 3.63) is 46.3 Å². The van der Waals surface area contributed by atoms with Gasteiger partial charge in [0.1, 0.15) is 16.8 Å². The first-order valence-corrected chi connectivity index (χ1v) is 8.99. The van der Waals surface area contributed by atoms with Crippen molar-refractivity contribution in [1.82, 2.24) is 15.2 Å². The largest absolute Gasteiger partial charge is 0.360 e. The van der Waals surface area contributed by atoms with Gasteiger partial charge in [0.25, 0.3) is 0 Å². The van der Waals surface area contributed by atoms with E-state index in [1.54, 1.807) is 17.4 Å². The first kappa shape index (κ1) is 15.0. The molecule has 0 aliphatic heterocycles. The Morgan fingerprint density at radius 1 is 1.23 bits per heavy atom. The minimum atomic E-state index is 0.406. The molecule has 3 heterocycles. The Labute approximate surface area is 140 Å². The fourth-order valence-electron chi connectivity index (χ4n) is 1.69. The Kier molecular flexibility index (Phi) is 5.00. The highest BCUT2D eigenvalue weighted by molar-refractivity contribution is 8.01. The number of anilines is 1. The zero-order valence-corrected chi connectivity index (χ0v) is 13.8. The van der Waals surface area contributed by atoms with E-state index in [1.807, 2.05) is 18.2 Å². The zero-order chi connectivity index (χ0) is 15.2. The number of nitriles is 1. The van der Waals surface area contributed by atoms with Crippen molar-refractivity contribution in [2.24, 2.45) is 0 Å². The lowest BCUT2D eigenvalue weighted by Crippen LogP contribution is -2.03. The van der Waals surface area contributed by atoms with Crippen molar-refractivity contribution in [2.75, 3.05) is 11.9 Å². The lowest BCUT2D eigenvalue weighted by molar-refractivity contribution is 0.977. The fourth-order valence-corrected chi connectivity index (χ4v) is 4.12. The highest BCUT2D eigenvalue weighted by Gasteiger charge is 2.07. The molecule has 0 saturated heterocycles. The maximum Gasteiger partial charge on any atom is 0.206 e. The number of nitrogens with zero attached hydrogens (tertiary/aromatic N) is 4. The first-order chi connectivity index (χ1) is 10.8. The third-order valence-corrected chi connectivity index (χ3v) is 5.47. The van der Waals surface area contributed by atoms with Crippen LogP contribution < -0.4 is 5.32 Å². The molecule has 3 aromatic rings. The highest BCUT2D eigenvalue weighted by Crippen LogP contribution is 2.30. The summed E-state index contributed by atoms with van der Waals surface area (Å²) < 4.78 is 0.807. The molecule has 3 aromatic heterocycles. The molecule has 3 rings (SSSR count). The zero-order valence-electron chi connectivity index (χ0n) is 11.4. The Morgan fingerprint density at radius 3 is 3.00 bits per heavy atom. The number of nitrogens with one attached hydrogen (secondary N) is 1. The van der Waals surface area contributed by atoms with Gasteiger partial charge in [0.15, 0.2) is 4.34 Å². The average Bonchev–Trinajstić information content (AvgIpc) is 3.20. The van der Waals surface area contributed by atoms with E-state index in [-0.39, 0.29) is 0 Å². The van der Waals surface area contributed by atoms with Crippen LogP contribution in [0.1, 0.15) is 10.6 Å². The summed E-state index contributed by atoms with van der Waals surface area (Å²) in [7, 11) is 0. The van der Waals surface area contributed by atoms with Gasteiger partial charge in [-0.05, 0) is 41.8 Å². The van der Waals surface area contributed by atoms with Crippen LogP contribution in [-0.4, -0.2) is 21.7 Å². The number of thiophene rings is 1. The van der Waals surface area contributed by atoms with Crippen LogP contribution in [0, 0.1) is 11.3 Å². The maximum atomic E-state index is 8.85. The van der Waals surface area contributed by atoms with Crippen molar-refractivity contribution in [3.63, 3.8) is 0 Å². The van der Waals surface area contributed by atoms with Crippen molar-refractivity contribution in [3.8, 4) is 6.07 Å². The van der Waals surface area contributed by atoms with Crippen LogP contribution in [0.25, 0.3) is 0 Å². The molecule has 0 spiro atoms. The van der Waals surface area contributed by atoms with Gasteiger partial charge in [-0.2, -0.15) is 5.26 Å². The molecule has 0 aromatic carbocycles. The summed E-state index contributed by atoms with van der Waals surface area (Å²) >= 11 is 4.66. The Balaban J connectivity index is 1.55. The third-order valence-electron chi connectivity index (χ3n) is 2.66. The van der Waals surface area contributed by atoms with Crippen molar-refractivity contribution < 1.29 is 0 Å².